The standard InChI is InChI=1S/C15H30N2O3/c1-5-16-15(13-8-9-13,14(18)20-7-3)12-17(6-2)10-11-19-4/h13,16H,5-12H2,1-4H3. The van der Waals surface area contributed by atoms with Gasteiger partial charge in [0.15, 0.2) is 0 Å². The van der Waals surface area contributed by atoms with Crippen LogP contribution in [0.3, 0.4) is 0 Å². The Kier molecular flexibility index (Phi) is 7.48. The third kappa shape index (κ3) is 4.43. The lowest BCUT2D eigenvalue weighted by atomic mass is 9.92. The summed E-state index contributed by atoms with van der Waals surface area (Å²) in [6.07, 6.45) is 2.21. The molecule has 5 nitrogen and oxygen atoms in total. The number of rotatable bonds is 11. The van der Waals surface area contributed by atoms with Crippen molar-refractivity contribution in [1.82, 2.24) is 10.2 Å². The maximum atomic E-state index is 12.5. The summed E-state index contributed by atoms with van der Waals surface area (Å²) in [4.78, 5) is 14.8. The van der Waals surface area contributed by atoms with E-state index in [0.717, 1.165) is 32.5 Å². The number of carbonyl (C=O) groups is 1. The number of methoxy groups -OCH3 is 1. The van der Waals surface area contributed by atoms with E-state index in [1.165, 1.54) is 0 Å². The number of nitrogens with one attached hydrogen (secondary N) is 1. The van der Waals surface area contributed by atoms with Gasteiger partial charge >= 0.3 is 5.97 Å². The first-order chi connectivity index (χ1) is 9.64. The molecule has 0 aromatic heterocycles. The molecule has 0 spiro atoms. The zero-order valence-electron chi connectivity index (χ0n) is 13.4. The molecule has 1 aliphatic carbocycles. The van der Waals surface area contributed by atoms with E-state index in [9.17, 15) is 4.79 Å². The fourth-order valence-corrected chi connectivity index (χ4v) is 2.71. The van der Waals surface area contributed by atoms with Crippen LogP contribution in [-0.2, 0) is 14.3 Å². The number of esters is 1. The zero-order valence-corrected chi connectivity index (χ0v) is 13.4. The predicted molar refractivity (Wildman–Crippen MR) is 79.8 cm³/mol. The maximum Gasteiger partial charge on any atom is 0.327 e. The monoisotopic (exact) mass is 286 g/mol. The van der Waals surface area contributed by atoms with Gasteiger partial charge in [0, 0.05) is 20.2 Å². The molecule has 0 saturated heterocycles. The summed E-state index contributed by atoms with van der Waals surface area (Å²) in [7, 11) is 1.71. The zero-order chi connectivity index (χ0) is 15.0. The van der Waals surface area contributed by atoms with Crippen molar-refractivity contribution in [3.8, 4) is 0 Å². The highest BCUT2D eigenvalue weighted by Crippen LogP contribution is 2.41. The molecule has 1 N–H and O–H groups in total. The van der Waals surface area contributed by atoms with E-state index in [2.05, 4.69) is 17.1 Å². The molecule has 0 bridgehead atoms. The van der Waals surface area contributed by atoms with E-state index in [-0.39, 0.29) is 5.97 Å². The molecule has 0 aromatic carbocycles. The summed E-state index contributed by atoms with van der Waals surface area (Å²) in [5.41, 5.74) is -0.547. The Labute approximate surface area is 123 Å². The number of nitrogens with zero attached hydrogens (tertiary/aromatic N) is 1. The fourth-order valence-electron chi connectivity index (χ4n) is 2.71. The van der Waals surface area contributed by atoms with Crippen LogP contribution in [-0.4, -0.2) is 62.9 Å². The molecule has 1 fully saturated rings. The SMILES string of the molecule is CCNC(CN(CC)CCOC)(C(=O)OCC)C1CC1. The van der Waals surface area contributed by atoms with Crippen molar-refractivity contribution in [2.24, 2.45) is 5.92 Å². The van der Waals surface area contributed by atoms with E-state index in [1.807, 2.05) is 13.8 Å². The average molecular weight is 286 g/mol. The van der Waals surface area contributed by atoms with E-state index < -0.39 is 5.54 Å². The topological polar surface area (TPSA) is 50.8 Å². The lowest BCUT2D eigenvalue weighted by molar-refractivity contribution is -0.153. The van der Waals surface area contributed by atoms with Crippen LogP contribution in [0.4, 0.5) is 0 Å². The Bertz CT molecular complexity index is 295. The van der Waals surface area contributed by atoms with Crippen molar-refractivity contribution in [1.29, 1.82) is 0 Å². The van der Waals surface area contributed by atoms with E-state index in [1.54, 1.807) is 7.11 Å². The Hall–Kier alpha value is -0.650. The van der Waals surface area contributed by atoms with Crippen LogP contribution in [0.15, 0.2) is 0 Å². The first-order valence-electron chi connectivity index (χ1n) is 7.78. The summed E-state index contributed by atoms with van der Waals surface area (Å²) in [5, 5.41) is 3.43. The molecular weight excluding hydrogens is 256 g/mol. The quantitative estimate of drug-likeness (QED) is 0.580. The third-order valence-corrected chi connectivity index (χ3v) is 3.94. The molecule has 1 unspecified atom stereocenters. The molecule has 0 aromatic rings. The first-order valence-corrected chi connectivity index (χ1v) is 7.78. The minimum atomic E-state index is -0.547. The minimum Gasteiger partial charge on any atom is -0.465 e. The lowest BCUT2D eigenvalue weighted by Crippen LogP contribution is -2.61. The van der Waals surface area contributed by atoms with Crippen LogP contribution >= 0.6 is 0 Å². The summed E-state index contributed by atoms with van der Waals surface area (Å²) < 4.78 is 10.5. The van der Waals surface area contributed by atoms with Gasteiger partial charge in [0.1, 0.15) is 5.54 Å². The van der Waals surface area contributed by atoms with Gasteiger partial charge in [0.25, 0.3) is 0 Å². The number of ether oxygens (including phenoxy) is 2. The lowest BCUT2D eigenvalue weighted by Gasteiger charge is -2.37. The molecule has 0 heterocycles. The minimum absolute atomic E-state index is 0.0970. The smallest absolute Gasteiger partial charge is 0.327 e. The average Bonchev–Trinajstić information content (AvgIpc) is 3.27. The molecule has 1 saturated carbocycles. The third-order valence-electron chi connectivity index (χ3n) is 3.94. The van der Waals surface area contributed by atoms with Crippen molar-refractivity contribution in [3.05, 3.63) is 0 Å². The van der Waals surface area contributed by atoms with E-state index in [0.29, 0.717) is 25.7 Å². The van der Waals surface area contributed by atoms with Crippen molar-refractivity contribution in [2.75, 3.05) is 46.5 Å². The van der Waals surface area contributed by atoms with Crippen molar-refractivity contribution < 1.29 is 14.3 Å². The van der Waals surface area contributed by atoms with Gasteiger partial charge < -0.3 is 14.8 Å². The van der Waals surface area contributed by atoms with Gasteiger partial charge in [-0.2, -0.15) is 0 Å². The normalized spacial score (nSPS) is 18.1. The highest BCUT2D eigenvalue weighted by Gasteiger charge is 2.52. The van der Waals surface area contributed by atoms with Gasteiger partial charge in [0.2, 0.25) is 0 Å². The summed E-state index contributed by atoms with van der Waals surface area (Å²) in [6, 6.07) is 0. The second-order valence-electron chi connectivity index (χ2n) is 5.36. The first kappa shape index (κ1) is 17.4. The molecule has 5 heteroatoms. The Morgan fingerprint density at radius 3 is 2.50 bits per heavy atom. The van der Waals surface area contributed by atoms with Gasteiger partial charge in [-0.25, -0.2) is 4.79 Å². The molecule has 20 heavy (non-hydrogen) atoms. The Balaban J connectivity index is 2.81. The van der Waals surface area contributed by atoms with Crippen LogP contribution in [0.2, 0.25) is 0 Å². The van der Waals surface area contributed by atoms with Crippen molar-refractivity contribution in [3.63, 3.8) is 0 Å². The van der Waals surface area contributed by atoms with Gasteiger partial charge in [-0.1, -0.05) is 13.8 Å². The number of hydrogen-bond donors (Lipinski definition) is 1. The van der Waals surface area contributed by atoms with Crippen LogP contribution in [0.1, 0.15) is 33.6 Å². The second-order valence-corrected chi connectivity index (χ2v) is 5.36. The van der Waals surface area contributed by atoms with E-state index in [4.69, 9.17) is 9.47 Å². The van der Waals surface area contributed by atoms with Gasteiger partial charge in [0.05, 0.1) is 13.2 Å². The molecule has 1 aliphatic rings. The van der Waals surface area contributed by atoms with Gasteiger partial charge in [-0.3, -0.25) is 4.90 Å². The van der Waals surface area contributed by atoms with Gasteiger partial charge in [-0.15, -0.1) is 0 Å². The summed E-state index contributed by atoms with van der Waals surface area (Å²) in [5.74, 6) is 0.304. The molecule has 0 aliphatic heterocycles. The van der Waals surface area contributed by atoms with E-state index >= 15 is 0 Å². The summed E-state index contributed by atoms with van der Waals surface area (Å²) in [6.45, 7) is 10.4. The Morgan fingerprint density at radius 2 is 2.05 bits per heavy atom. The van der Waals surface area contributed by atoms with Crippen molar-refractivity contribution >= 4 is 5.97 Å². The molecule has 1 rings (SSSR count). The largest absolute Gasteiger partial charge is 0.465 e. The molecule has 0 radical (unpaired) electrons. The Morgan fingerprint density at radius 1 is 1.35 bits per heavy atom. The van der Waals surface area contributed by atoms with Crippen LogP contribution in [0, 0.1) is 5.92 Å². The maximum absolute atomic E-state index is 12.5. The molecule has 1 atom stereocenters. The number of carbonyl (C=O) groups excluding carboxylic acids is 1. The predicted octanol–water partition coefficient (Wildman–Crippen LogP) is 1.28. The highest BCUT2D eigenvalue weighted by molar-refractivity contribution is 5.82. The van der Waals surface area contributed by atoms with Gasteiger partial charge in [-0.05, 0) is 38.8 Å². The van der Waals surface area contributed by atoms with Crippen LogP contribution < -0.4 is 5.32 Å². The summed E-state index contributed by atoms with van der Waals surface area (Å²) >= 11 is 0. The highest BCUT2D eigenvalue weighted by atomic mass is 16.5. The second kappa shape index (κ2) is 8.60. The van der Waals surface area contributed by atoms with Crippen molar-refractivity contribution in [2.45, 2.75) is 39.2 Å². The molecule has 118 valence electrons. The number of hydrogen-bond acceptors (Lipinski definition) is 5. The molecular formula is C15H30N2O3. The van der Waals surface area contributed by atoms with Crippen LogP contribution in [0.25, 0.3) is 0 Å². The van der Waals surface area contributed by atoms with Crippen LogP contribution in [0.5, 0.6) is 0 Å². The number of likely N-dealkylation sites (N-methyl/N-ethyl adjacent to an activating group) is 2. The molecule has 0 amide bonds. The fraction of sp³-hybridized carbons (Fsp3) is 0.933.